The summed E-state index contributed by atoms with van der Waals surface area (Å²) in [6.45, 7) is 4.35. The van der Waals surface area contributed by atoms with Crippen LogP contribution in [0.2, 0.25) is 0 Å². The van der Waals surface area contributed by atoms with E-state index in [4.69, 9.17) is 5.73 Å². The molecule has 0 amide bonds. The van der Waals surface area contributed by atoms with Crippen LogP contribution in [0.4, 0.5) is 10.1 Å². The molecular formula is C13H22FN3O2S. The number of anilines is 1. The predicted molar refractivity (Wildman–Crippen MR) is 78.4 cm³/mol. The summed E-state index contributed by atoms with van der Waals surface area (Å²) in [7, 11) is -0.179. The molecule has 7 heteroatoms. The number of nitrogen functional groups attached to an aromatic ring is 1. The van der Waals surface area contributed by atoms with Crippen LogP contribution in [0.1, 0.15) is 13.8 Å². The van der Waals surface area contributed by atoms with Gasteiger partial charge in [-0.2, -0.15) is 4.31 Å². The third-order valence-corrected chi connectivity index (χ3v) is 5.08. The molecule has 0 aliphatic rings. The number of hydrogen-bond acceptors (Lipinski definition) is 4. The minimum atomic E-state index is -3.90. The summed E-state index contributed by atoms with van der Waals surface area (Å²) in [5.41, 5.74) is 5.79. The van der Waals surface area contributed by atoms with Gasteiger partial charge in [0.05, 0.1) is 0 Å². The van der Waals surface area contributed by atoms with Gasteiger partial charge in [0.2, 0.25) is 10.0 Å². The number of nitrogens with zero attached hydrogens (tertiary/aromatic N) is 2. The second kappa shape index (κ2) is 6.51. The van der Waals surface area contributed by atoms with Crippen molar-refractivity contribution >= 4 is 15.7 Å². The molecule has 0 saturated carbocycles. The van der Waals surface area contributed by atoms with Gasteiger partial charge in [-0.25, -0.2) is 12.8 Å². The van der Waals surface area contributed by atoms with E-state index in [0.29, 0.717) is 6.54 Å². The van der Waals surface area contributed by atoms with Crippen LogP contribution in [-0.4, -0.2) is 50.8 Å². The Bertz CT molecular complexity index is 561. The van der Waals surface area contributed by atoms with Gasteiger partial charge < -0.3 is 10.6 Å². The number of hydrogen-bond donors (Lipinski definition) is 1. The molecule has 0 radical (unpaired) electrons. The first kappa shape index (κ1) is 16.9. The van der Waals surface area contributed by atoms with Crippen molar-refractivity contribution in [3.05, 3.63) is 24.0 Å². The predicted octanol–water partition coefficient (Wildman–Crippen LogP) is 1.37. The number of halogens is 1. The fourth-order valence-corrected chi connectivity index (χ4v) is 3.91. The van der Waals surface area contributed by atoms with E-state index in [1.165, 1.54) is 10.4 Å². The van der Waals surface area contributed by atoms with Crippen LogP contribution in [0.5, 0.6) is 0 Å². The molecule has 0 aliphatic carbocycles. The Kier molecular flexibility index (Phi) is 5.50. The van der Waals surface area contributed by atoms with Crippen LogP contribution in [-0.2, 0) is 10.0 Å². The summed E-state index contributed by atoms with van der Waals surface area (Å²) in [5, 5.41) is 0. The molecule has 1 aromatic rings. The third-order valence-electron chi connectivity index (χ3n) is 2.97. The number of likely N-dealkylation sites (N-methyl/N-ethyl adjacent to an activating group) is 2. The third kappa shape index (κ3) is 3.68. The molecule has 0 spiro atoms. The minimum Gasteiger partial charge on any atom is -0.399 e. The topological polar surface area (TPSA) is 66.6 Å². The van der Waals surface area contributed by atoms with Gasteiger partial charge in [0.25, 0.3) is 0 Å². The van der Waals surface area contributed by atoms with Crippen LogP contribution in [0.25, 0.3) is 0 Å². The molecular weight excluding hydrogens is 281 g/mol. The highest BCUT2D eigenvalue weighted by Crippen LogP contribution is 2.23. The average molecular weight is 303 g/mol. The SMILES string of the molecule is CCN(C(C)CN(C)C)S(=O)(=O)c1cc(N)ccc1F. The lowest BCUT2D eigenvalue weighted by atomic mass is 10.3. The first-order chi connectivity index (χ1) is 9.20. The van der Waals surface area contributed by atoms with Crippen molar-refractivity contribution in [3.8, 4) is 0 Å². The van der Waals surface area contributed by atoms with Gasteiger partial charge in [-0.1, -0.05) is 6.92 Å². The standard InChI is InChI=1S/C13H22FN3O2S/c1-5-17(10(2)9-16(3)4)20(18,19)13-8-11(15)6-7-12(13)14/h6-8,10H,5,9,15H2,1-4H3. The highest BCUT2D eigenvalue weighted by molar-refractivity contribution is 7.89. The van der Waals surface area contributed by atoms with E-state index in [-0.39, 0.29) is 23.2 Å². The van der Waals surface area contributed by atoms with Crippen molar-refractivity contribution in [2.45, 2.75) is 24.8 Å². The smallest absolute Gasteiger partial charge is 0.246 e. The maximum atomic E-state index is 13.8. The lowest BCUT2D eigenvalue weighted by molar-refractivity contribution is 0.271. The molecule has 0 heterocycles. The second-order valence-electron chi connectivity index (χ2n) is 5.01. The number of rotatable bonds is 6. The number of nitrogens with two attached hydrogens (primary N) is 1. The van der Waals surface area contributed by atoms with Crippen molar-refractivity contribution in [3.63, 3.8) is 0 Å². The van der Waals surface area contributed by atoms with E-state index in [1.807, 2.05) is 19.0 Å². The number of benzene rings is 1. The zero-order chi connectivity index (χ0) is 15.5. The molecule has 114 valence electrons. The first-order valence-electron chi connectivity index (χ1n) is 6.41. The average Bonchev–Trinajstić information content (AvgIpc) is 2.31. The lowest BCUT2D eigenvalue weighted by Crippen LogP contribution is -2.43. The Morgan fingerprint density at radius 1 is 1.35 bits per heavy atom. The number of sulfonamides is 1. The Labute approximate surface area is 120 Å². The van der Waals surface area contributed by atoms with E-state index in [2.05, 4.69) is 0 Å². The van der Waals surface area contributed by atoms with Gasteiger partial charge >= 0.3 is 0 Å². The van der Waals surface area contributed by atoms with Crippen molar-refractivity contribution in [2.24, 2.45) is 0 Å². The van der Waals surface area contributed by atoms with E-state index in [9.17, 15) is 12.8 Å². The van der Waals surface area contributed by atoms with E-state index in [0.717, 1.165) is 12.1 Å². The van der Waals surface area contributed by atoms with Crippen LogP contribution in [0, 0.1) is 5.82 Å². The molecule has 0 saturated heterocycles. The first-order valence-corrected chi connectivity index (χ1v) is 7.85. The summed E-state index contributed by atoms with van der Waals surface area (Å²) < 4.78 is 40.2. The van der Waals surface area contributed by atoms with Crippen molar-refractivity contribution in [1.82, 2.24) is 9.21 Å². The van der Waals surface area contributed by atoms with Gasteiger partial charge in [0, 0.05) is 24.8 Å². The molecule has 2 N–H and O–H groups in total. The molecule has 1 atom stereocenters. The molecule has 1 unspecified atom stereocenters. The normalized spacial score (nSPS) is 13.9. The van der Waals surface area contributed by atoms with Gasteiger partial charge in [0.15, 0.2) is 0 Å². The van der Waals surface area contributed by atoms with Crippen LogP contribution < -0.4 is 5.73 Å². The van der Waals surface area contributed by atoms with Gasteiger partial charge in [-0.15, -0.1) is 0 Å². The van der Waals surface area contributed by atoms with Crippen molar-refractivity contribution < 1.29 is 12.8 Å². The minimum absolute atomic E-state index is 0.223. The van der Waals surface area contributed by atoms with Gasteiger partial charge in [-0.3, -0.25) is 0 Å². The summed E-state index contributed by atoms with van der Waals surface area (Å²) in [6.07, 6.45) is 0. The summed E-state index contributed by atoms with van der Waals surface area (Å²) in [4.78, 5) is 1.52. The Morgan fingerprint density at radius 3 is 2.45 bits per heavy atom. The summed E-state index contributed by atoms with van der Waals surface area (Å²) in [5.74, 6) is -0.783. The van der Waals surface area contributed by atoms with Gasteiger partial charge in [-0.05, 0) is 39.2 Å². The zero-order valence-electron chi connectivity index (χ0n) is 12.3. The maximum absolute atomic E-state index is 13.8. The van der Waals surface area contributed by atoms with Crippen LogP contribution in [0.3, 0.4) is 0 Å². The highest BCUT2D eigenvalue weighted by Gasteiger charge is 2.30. The summed E-state index contributed by atoms with van der Waals surface area (Å²) in [6, 6.07) is 3.32. The second-order valence-corrected chi connectivity index (χ2v) is 6.87. The Balaban J connectivity index is 3.21. The van der Waals surface area contributed by atoms with Crippen LogP contribution >= 0.6 is 0 Å². The fraction of sp³-hybridized carbons (Fsp3) is 0.538. The van der Waals surface area contributed by atoms with Crippen molar-refractivity contribution in [2.75, 3.05) is 32.9 Å². The molecule has 5 nitrogen and oxygen atoms in total. The van der Waals surface area contributed by atoms with Gasteiger partial charge in [0.1, 0.15) is 10.7 Å². The largest absolute Gasteiger partial charge is 0.399 e. The maximum Gasteiger partial charge on any atom is 0.246 e. The lowest BCUT2D eigenvalue weighted by Gasteiger charge is -2.29. The van der Waals surface area contributed by atoms with E-state index < -0.39 is 15.8 Å². The van der Waals surface area contributed by atoms with E-state index >= 15 is 0 Å². The molecule has 1 aromatic carbocycles. The highest BCUT2D eigenvalue weighted by atomic mass is 32.2. The van der Waals surface area contributed by atoms with Crippen LogP contribution in [0.15, 0.2) is 23.1 Å². The molecule has 0 bridgehead atoms. The molecule has 0 aromatic heterocycles. The molecule has 1 rings (SSSR count). The molecule has 0 fully saturated rings. The fourth-order valence-electron chi connectivity index (χ4n) is 2.18. The summed E-state index contributed by atoms with van der Waals surface area (Å²) >= 11 is 0. The quantitative estimate of drug-likeness (QED) is 0.806. The molecule has 0 aliphatic heterocycles. The molecule has 20 heavy (non-hydrogen) atoms. The Hall–Kier alpha value is -1.18. The zero-order valence-corrected chi connectivity index (χ0v) is 13.1. The monoisotopic (exact) mass is 303 g/mol. The Morgan fingerprint density at radius 2 is 1.95 bits per heavy atom. The van der Waals surface area contributed by atoms with E-state index in [1.54, 1.807) is 13.8 Å². The van der Waals surface area contributed by atoms with Crippen molar-refractivity contribution in [1.29, 1.82) is 0 Å².